The van der Waals surface area contributed by atoms with Gasteiger partial charge in [0.15, 0.2) is 0 Å². The molecule has 1 fully saturated rings. The van der Waals surface area contributed by atoms with Crippen LogP contribution in [0.1, 0.15) is 46.9 Å². The molecular formula is C16H23N3O2. The Labute approximate surface area is 125 Å². The quantitative estimate of drug-likeness (QED) is 0.820. The summed E-state index contributed by atoms with van der Waals surface area (Å²) in [7, 11) is 1.40. The third-order valence-corrected chi connectivity index (χ3v) is 4.87. The third kappa shape index (κ3) is 2.68. The summed E-state index contributed by atoms with van der Waals surface area (Å²) in [5.41, 5.74) is 8.52. The number of nitrogens with two attached hydrogens (primary N) is 1. The molecule has 0 bridgehead atoms. The summed E-state index contributed by atoms with van der Waals surface area (Å²) in [6, 6.07) is 2.29. The van der Waals surface area contributed by atoms with Crippen LogP contribution in [0.5, 0.6) is 0 Å². The van der Waals surface area contributed by atoms with E-state index in [2.05, 4.69) is 10.3 Å². The lowest BCUT2D eigenvalue weighted by Gasteiger charge is -2.35. The first-order chi connectivity index (χ1) is 10.2. The number of hydrogen-bond acceptors (Lipinski definition) is 5. The highest BCUT2D eigenvalue weighted by molar-refractivity contribution is 5.89. The Morgan fingerprint density at radius 1 is 1.57 bits per heavy atom. The topological polar surface area (TPSA) is 77.2 Å². The van der Waals surface area contributed by atoms with E-state index in [1.54, 1.807) is 6.20 Å². The van der Waals surface area contributed by atoms with Gasteiger partial charge in [-0.05, 0) is 62.2 Å². The number of aromatic nitrogens is 1. The molecule has 2 heterocycles. The van der Waals surface area contributed by atoms with E-state index in [1.165, 1.54) is 25.5 Å². The first-order valence-corrected chi connectivity index (χ1v) is 7.75. The van der Waals surface area contributed by atoms with Crippen LogP contribution < -0.4 is 11.1 Å². The van der Waals surface area contributed by atoms with Crippen LogP contribution in [-0.4, -0.2) is 31.2 Å². The minimum Gasteiger partial charge on any atom is -0.465 e. The van der Waals surface area contributed by atoms with Crippen molar-refractivity contribution in [1.29, 1.82) is 0 Å². The number of rotatable bonds is 4. The summed E-state index contributed by atoms with van der Waals surface area (Å²) in [6.07, 6.45) is 6.07. The number of pyridine rings is 1. The lowest BCUT2D eigenvalue weighted by Crippen LogP contribution is -2.32. The number of fused-ring (bicyclic) bond motifs is 3. The zero-order chi connectivity index (χ0) is 14.8. The van der Waals surface area contributed by atoms with E-state index in [4.69, 9.17) is 10.5 Å². The number of ether oxygens (including phenoxy) is 1. The van der Waals surface area contributed by atoms with Crippen molar-refractivity contribution in [2.45, 2.75) is 31.7 Å². The Kier molecular flexibility index (Phi) is 4.22. The summed E-state index contributed by atoms with van der Waals surface area (Å²) in [4.78, 5) is 16.2. The maximum atomic E-state index is 11.7. The van der Waals surface area contributed by atoms with E-state index in [1.807, 2.05) is 6.07 Å². The Morgan fingerprint density at radius 2 is 2.43 bits per heavy atom. The van der Waals surface area contributed by atoms with Crippen LogP contribution in [0.15, 0.2) is 12.3 Å². The molecular weight excluding hydrogens is 266 g/mol. The Balaban J connectivity index is 1.90. The number of nitrogens with one attached hydrogen (secondary N) is 1. The first-order valence-electron chi connectivity index (χ1n) is 7.75. The summed E-state index contributed by atoms with van der Waals surface area (Å²) < 4.78 is 4.80. The molecule has 1 aromatic rings. The van der Waals surface area contributed by atoms with E-state index in [9.17, 15) is 4.79 Å². The fourth-order valence-electron chi connectivity index (χ4n) is 3.85. The number of hydrogen-bond donors (Lipinski definition) is 2. The van der Waals surface area contributed by atoms with E-state index in [-0.39, 0.29) is 5.97 Å². The van der Waals surface area contributed by atoms with Gasteiger partial charge in [-0.3, -0.25) is 4.98 Å². The molecule has 1 aliphatic heterocycles. The van der Waals surface area contributed by atoms with Gasteiger partial charge in [0.2, 0.25) is 0 Å². The molecule has 1 aromatic heterocycles. The zero-order valence-electron chi connectivity index (χ0n) is 12.5. The molecule has 3 atom stereocenters. The van der Waals surface area contributed by atoms with Crippen LogP contribution in [0.4, 0.5) is 0 Å². The van der Waals surface area contributed by atoms with Crippen molar-refractivity contribution in [2.24, 2.45) is 17.6 Å². The standard InChI is InChI=1S/C16H23N3O2/c1-21-16(20)11-7-13-14(19-9-11)8-10(3-2-5-17)12-4-6-18-15(12)13/h7,9-10,12,15,18H,2-6,8,17H2,1H3/t10-,12+,15+/m1/s1. The number of nitrogens with zero attached hydrogens (tertiary/aromatic N) is 1. The van der Waals surface area contributed by atoms with Gasteiger partial charge in [0.1, 0.15) is 0 Å². The summed E-state index contributed by atoms with van der Waals surface area (Å²) in [5, 5.41) is 3.58. The SMILES string of the molecule is COC(=O)c1cnc2c(c1)[C@H]1NCC[C@H]1[C@H](CCCN)C2. The molecule has 5 nitrogen and oxygen atoms in total. The second kappa shape index (κ2) is 6.12. The molecule has 0 radical (unpaired) electrons. The molecule has 0 amide bonds. The Hall–Kier alpha value is -1.46. The highest BCUT2D eigenvalue weighted by atomic mass is 16.5. The van der Waals surface area contributed by atoms with Crippen molar-refractivity contribution < 1.29 is 9.53 Å². The second-order valence-electron chi connectivity index (χ2n) is 6.03. The first kappa shape index (κ1) is 14.5. The summed E-state index contributed by atoms with van der Waals surface area (Å²) >= 11 is 0. The highest BCUT2D eigenvalue weighted by Gasteiger charge is 2.40. The number of esters is 1. The van der Waals surface area contributed by atoms with Crippen LogP contribution in [0.25, 0.3) is 0 Å². The van der Waals surface area contributed by atoms with Crippen molar-refractivity contribution in [3.63, 3.8) is 0 Å². The van der Waals surface area contributed by atoms with Gasteiger partial charge in [-0.15, -0.1) is 0 Å². The van der Waals surface area contributed by atoms with Crippen molar-refractivity contribution >= 4 is 5.97 Å². The zero-order valence-corrected chi connectivity index (χ0v) is 12.5. The average Bonchev–Trinajstić information content (AvgIpc) is 3.01. The molecule has 0 unspecified atom stereocenters. The monoisotopic (exact) mass is 289 g/mol. The van der Waals surface area contributed by atoms with E-state index < -0.39 is 0 Å². The summed E-state index contributed by atoms with van der Waals surface area (Å²) in [5.74, 6) is 0.973. The third-order valence-electron chi connectivity index (χ3n) is 4.87. The fraction of sp³-hybridized carbons (Fsp3) is 0.625. The van der Waals surface area contributed by atoms with Gasteiger partial charge in [-0.1, -0.05) is 0 Å². The molecule has 3 rings (SSSR count). The van der Waals surface area contributed by atoms with Crippen LogP contribution in [0, 0.1) is 11.8 Å². The van der Waals surface area contributed by atoms with E-state index in [0.717, 1.165) is 31.6 Å². The molecule has 0 spiro atoms. The van der Waals surface area contributed by atoms with Crippen molar-refractivity contribution in [3.8, 4) is 0 Å². The molecule has 0 saturated carbocycles. The van der Waals surface area contributed by atoms with E-state index in [0.29, 0.717) is 23.4 Å². The van der Waals surface area contributed by atoms with Crippen molar-refractivity contribution in [2.75, 3.05) is 20.2 Å². The fourth-order valence-corrected chi connectivity index (χ4v) is 3.85. The summed E-state index contributed by atoms with van der Waals surface area (Å²) in [6.45, 7) is 1.79. The van der Waals surface area contributed by atoms with Crippen LogP contribution in [-0.2, 0) is 11.2 Å². The molecule has 21 heavy (non-hydrogen) atoms. The molecule has 1 aliphatic carbocycles. The molecule has 0 aromatic carbocycles. The molecule has 114 valence electrons. The predicted molar refractivity (Wildman–Crippen MR) is 79.9 cm³/mol. The minimum atomic E-state index is -0.315. The Bertz CT molecular complexity index is 532. The molecule has 5 heteroatoms. The van der Waals surface area contributed by atoms with Gasteiger partial charge in [0, 0.05) is 17.9 Å². The Morgan fingerprint density at radius 3 is 3.19 bits per heavy atom. The maximum Gasteiger partial charge on any atom is 0.339 e. The van der Waals surface area contributed by atoms with Gasteiger partial charge >= 0.3 is 5.97 Å². The maximum absolute atomic E-state index is 11.7. The van der Waals surface area contributed by atoms with Gasteiger partial charge in [-0.2, -0.15) is 0 Å². The second-order valence-corrected chi connectivity index (χ2v) is 6.03. The number of carbonyl (C=O) groups excluding carboxylic acids is 1. The number of methoxy groups -OCH3 is 1. The van der Waals surface area contributed by atoms with Gasteiger partial charge in [-0.25, -0.2) is 4.79 Å². The van der Waals surface area contributed by atoms with Gasteiger partial charge in [0.05, 0.1) is 12.7 Å². The average molecular weight is 289 g/mol. The van der Waals surface area contributed by atoms with Crippen LogP contribution in [0.3, 0.4) is 0 Å². The predicted octanol–water partition coefficient (Wildman–Crippen LogP) is 1.43. The van der Waals surface area contributed by atoms with E-state index >= 15 is 0 Å². The van der Waals surface area contributed by atoms with Crippen LogP contribution >= 0.6 is 0 Å². The van der Waals surface area contributed by atoms with Crippen molar-refractivity contribution in [1.82, 2.24) is 10.3 Å². The van der Waals surface area contributed by atoms with Crippen molar-refractivity contribution in [3.05, 3.63) is 29.1 Å². The molecule has 3 N–H and O–H groups in total. The van der Waals surface area contributed by atoms with Gasteiger partial charge in [0.25, 0.3) is 0 Å². The minimum absolute atomic E-state index is 0.315. The lowest BCUT2D eigenvalue weighted by atomic mass is 9.73. The normalized spacial score (nSPS) is 27.0. The molecule has 1 saturated heterocycles. The number of carbonyl (C=O) groups is 1. The van der Waals surface area contributed by atoms with Gasteiger partial charge < -0.3 is 15.8 Å². The van der Waals surface area contributed by atoms with Crippen LogP contribution in [0.2, 0.25) is 0 Å². The smallest absolute Gasteiger partial charge is 0.339 e. The molecule has 2 aliphatic rings. The highest BCUT2D eigenvalue weighted by Crippen LogP contribution is 2.44. The largest absolute Gasteiger partial charge is 0.465 e. The lowest BCUT2D eigenvalue weighted by molar-refractivity contribution is 0.0600.